The first kappa shape index (κ1) is 28.2. The molecule has 0 aliphatic rings. The average Bonchev–Trinajstić information content (AvgIpc) is 2.95. The molecule has 0 saturated heterocycles. The van der Waals surface area contributed by atoms with E-state index in [1.54, 1.807) is 74.1 Å². The normalized spacial score (nSPS) is 10.7. The van der Waals surface area contributed by atoms with Crippen molar-refractivity contribution in [3.05, 3.63) is 94.5 Å². The number of nitrogens with zero attached hydrogens (tertiary/aromatic N) is 3. The lowest BCUT2D eigenvalue weighted by molar-refractivity contribution is -0.144. The van der Waals surface area contributed by atoms with Crippen molar-refractivity contribution >= 4 is 23.0 Å². The molecule has 4 aromatic rings. The summed E-state index contributed by atoms with van der Waals surface area (Å²) in [5, 5.41) is 0.554. The van der Waals surface area contributed by atoms with Crippen LogP contribution in [0.2, 0.25) is 0 Å². The van der Waals surface area contributed by atoms with Gasteiger partial charge in [0.25, 0.3) is 5.56 Å². The molecule has 0 atom stereocenters. The molecule has 4 rings (SSSR count). The predicted molar refractivity (Wildman–Crippen MR) is 149 cm³/mol. The molecule has 10 heteroatoms. The molecule has 0 radical (unpaired) electrons. The van der Waals surface area contributed by atoms with Gasteiger partial charge in [0.2, 0.25) is 0 Å². The van der Waals surface area contributed by atoms with Crippen molar-refractivity contribution in [3.63, 3.8) is 0 Å². The van der Waals surface area contributed by atoms with Gasteiger partial charge in [-0.05, 0) is 67.9 Å². The molecule has 0 bridgehead atoms. The molecular weight excluding hydrogens is 514 g/mol. The molecule has 0 N–H and O–H groups in total. The van der Waals surface area contributed by atoms with Crippen molar-refractivity contribution in [2.45, 2.75) is 26.9 Å². The van der Waals surface area contributed by atoms with Crippen LogP contribution in [0.4, 0.5) is 4.79 Å². The van der Waals surface area contributed by atoms with Crippen LogP contribution in [0.1, 0.15) is 18.3 Å². The first-order valence-electron chi connectivity index (χ1n) is 12.8. The maximum Gasteiger partial charge on any atom is 0.416 e. The summed E-state index contributed by atoms with van der Waals surface area (Å²) < 4.78 is 23.2. The quantitative estimate of drug-likeness (QED) is 0.256. The van der Waals surface area contributed by atoms with Crippen molar-refractivity contribution in [1.82, 2.24) is 14.5 Å². The fourth-order valence-corrected chi connectivity index (χ4v) is 4.11. The molecule has 1 amide bonds. The van der Waals surface area contributed by atoms with E-state index in [0.29, 0.717) is 46.1 Å². The average molecular weight is 546 g/mol. The van der Waals surface area contributed by atoms with Gasteiger partial charge in [0.15, 0.2) is 0 Å². The highest BCUT2D eigenvalue weighted by atomic mass is 16.6. The molecule has 10 nitrogen and oxygen atoms in total. The highest BCUT2D eigenvalue weighted by Gasteiger charge is 2.21. The van der Waals surface area contributed by atoms with Crippen LogP contribution in [-0.4, -0.2) is 53.4 Å². The molecule has 40 heavy (non-hydrogen) atoms. The van der Waals surface area contributed by atoms with E-state index in [2.05, 4.69) is 4.98 Å². The lowest BCUT2D eigenvalue weighted by atomic mass is 10.2. The molecule has 3 aromatic carbocycles. The Balaban J connectivity index is 1.43. The van der Waals surface area contributed by atoms with Gasteiger partial charge in [-0.15, -0.1) is 0 Å². The zero-order chi connectivity index (χ0) is 28.5. The summed E-state index contributed by atoms with van der Waals surface area (Å²) in [5.41, 5.74) is 1.26. The Labute approximate surface area is 231 Å². The second-order valence-electron chi connectivity index (χ2n) is 8.83. The van der Waals surface area contributed by atoms with Crippen LogP contribution >= 0.6 is 0 Å². The van der Waals surface area contributed by atoms with Crippen LogP contribution in [0.15, 0.2) is 77.6 Å². The summed E-state index contributed by atoms with van der Waals surface area (Å²) in [7, 11) is 1.54. The van der Waals surface area contributed by atoms with Crippen molar-refractivity contribution in [3.8, 4) is 17.2 Å². The Bertz CT molecular complexity index is 1530. The van der Waals surface area contributed by atoms with E-state index in [1.165, 1.54) is 4.90 Å². The van der Waals surface area contributed by atoms with E-state index in [1.807, 2.05) is 24.3 Å². The standard InChI is InChI=1S/C30H31N3O7/c1-4-38-28(34)20-32(30(36)40-24-14-12-23(37-3)13-15-24)19-22-8-7-9-25(18-22)39-17-16-33-21(2)31-27-11-6-5-10-26(27)29(33)35/h5-15,18H,4,16-17,19-20H2,1-3H3. The topological polar surface area (TPSA) is 109 Å². The molecule has 1 aromatic heterocycles. The van der Waals surface area contributed by atoms with Crippen molar-refractivity contribution in [2.24, 2.45) is 0 Å². The van der Waals surface area contributed by atoms with E-state index in [9.17, 15) is 14.4 Å². The third-order valence-corrected chi connectivity index (χ3v) is 6.06. The highest BCUT2D eigenvalue weighted by molar-refractivity contribution is 5.79. The van der Waals surface area contributed by atoms with Gasteiger partial charge in [-0.25, -0.2) is 9.78 Å². The minimum atomic E-state index is -0.705. The third kappa shape index (κ3) is 7.16. The summed E-state index contributed by atoms with van der Waals surface area (Å²) >= 11 is 0. The molecule has 0 unspecified atom stereocenters. The van der Waals surface area contributed by atoms with Gasteiger partial charge in [0, 0.05) is 6.54 Å². The number of hydrogen-bond donors (Lipinski definition) is 0. The van der Waals surface area contributed by atoms with E-state index in [4.69, 9.17) is 18.9 Å². The molecular formula is C30H31N3O7. The zero-order valence-electron chi connectivity index (χ0n) is 22.7. The summed E-state index contributed by atoms with van der Waals surface area (Å²) in [6.07, 6.45) is -0.705. The zero-order valence-corrected chi connectivity index (χ0v) is 22.7. The van der Waals surface area contributed by atoms with Crippen LogP contribution in [-0.2, 0) is 22.6 Å². The molecule has 0 aliphatic carbocycles. The van der Waals surface area contributed by atoms with Gasteiger partial charge >= 0.3 is 12.1 Å². The van der Waals surface area contributed by atoms with E-state index in [-0.39, 0.29) is 31.9 Å². The van der Waals surface area contributed by atoms with Crippen LogP contribution < -0.4 is 19.8 Å². The number of fused-ring (bicyclic) bond motifs is 1. The van der Waals surface area contributed by atoms with Crippen molar-refractivity contribution in [2.75, 3.05) is 26.9 Å². The van der Waals surface area contributed by atoms with E-state index < -0.39 is 12.1 Å². The number of rotatable bonds is 11. The molecule has 1 heterocycles. The van der Waals surface area contributed by atoms with Gasteiger partial charge in [0.05, 0.1) is 31.2 Å². The number of carbonyl (C=O) groups is 2. The minimum Gasteiger partial charge on any atom is -0.497 e. The fraction of sp³-hybridized carbons (Fsp3) is 0.267. The Hall–Kier alpha value is -4.86. The van der Waals surface area contributed by atoms with E-state index >= 15 is 0 Å². The number of amides is 1. The first-order valence-corrected chi connectivity index (χ1v) is 12.8. The number of aromatic nitrogens is 2. The van der Waals surface area contributed by atoms with Gasteiger partial charge in [-0.2, -0.15) is 0 Å². The maximum absolute atomic E-state index is 13.0. The number of aryl methyl sites for hydroxylation is 1. The molecule has 0 saturated carbocycles. The molecule has 0 aliphatic heterocycles. The van der Waals surface area contributed by atoms with Crippen LogP contribution in [0, 0.1) is 6.92 Å². The second-order valence-corrected chi connectivity index (χ2v) is 8.83. The monoisotopic (exact) mass is 545 g/mol. The smallest absolute Gasteiger partial charge is 0.416 e. The van der Waals surface area contributed by atoms with Crippen molar-refractivity contribution in [1.29, 1.82) is 0 Å². The van der Waals surface area contributed by atoms with Crippen LogP contribution in [0.5, 0.6) is 17.2 Å². The number of esters is 1. The Morgan fingerprint density at radius 1 is 0.950 bits per heavy atom. The lowest BCUT2D eigenvalue weighted by Crippen LogP contribution is -2.38. The summed E-state index contributed by atoms with van der Waals surface area (Å²) in [5.74, 6) is 1.54. The largest absolute Gasteiger partial charge is 0.497 e. The Morgan fingerprint density at radius 2 is 1.70 bits per heavy atom. The van der Waals surface area contributed by atoms with Crippen LogP contribution in [0.3, 0.4) is 0 Å². The van der Waals surface area contributed by atoms with Crippen LogP contribution in [0.25, 0.3) is 10.9 Å². The van der Waals surface area contributed by atoms with Gasteiger partial charge in [-0.1, -0.05) is 24.3 Å². The predicted octanol–water partition coefficient (Wildman–Crippen LogP) is 4.36. The van der Waals surface area contributed by atoms with Gasteiger partial charge in [0.1, 0.15) is 36.2 Å². The number of methoxy groups -OCH3 is 1. The Morgan fingerprint density at radius 3 is 2.45 bits per heavy atom. The number of hydrogen-bond acceptors (Lipinski definition) is 8. The van der Waals surface area contributed by atoms with Gasteiger partial charge in [-0.3, -0.25) is 19.1 Å². The number of benzene rings is 3. The van der Waals surface area contributed by atoms with E-state index in [0.717, 1.165) is 0 Å². The number of carbonyl (C=O) groups excluding carboxylic acids is 2. The fourth-order valence-electron chi connectivity index (χ4n) is 4.11. The first-order chi connectivity index (χ1) is 19.4. The van der Waals surface area contributed by atoms with Gasteiger partial charge < -0.3 is 18.9 Å². The molecule has 208 valence electrons. The number of para-hydroxylation sites is 1. The maximum atomic E-state index is 13.0. The SMILES string of the molecule is CCOC(=O)CN(Cc1cccc(OCCn2c(C)nc3ccccc3c2=O)c1)C(=O)Oc1ccc(OC)cc1. The molecule has 0 spiro atoms. The summed E-state index contributed by atoms with van der Waals surface area (Å²) in [4.78, 5) is 43.9. The highest BCUT2D eigenvalue weighted by Crippen LogP contribution is 2.20. The summed E-state index contributed by atoms with van der Waals surface area (Å²) in [6.45, 7) is 4.02. The lowest BCUT2D eigenvalue weighted by Gasteiger charge is -2.21. The number of ether oxygens (including phenoxy) is 4. The second kappa shape index (κ2) is 13.3. The minimum absolute atomic E-state index is 0.0815. The van der Waals surface area contributed by atoms with Crippen molar-refractivity contribution < 1.29 is 28.5 Å². The molecule has 0 fully saturated rings. The third-order valence-electron chi connectivity index (χ3n) is 6.06. The summed E-state index contributed by atoms with van der Waals surface area (Å²) in [6, 6.07) is 20.9. The Kier molecular flexibility index (Phi) is 9.35.